The number of ether oxygens (including phenoxy) is 3. The van der Waals surface area contributed by atoms with Crippen LogP contribution in [0.4, 0.5) is 14.5 Å². The highest BCUT2D eigenvalue weighted by molar-refractivity contribution is 6.32. The fourth-order valence-electron chi connectivity index (χ4n) is 1.97. The van der Waals surface area contributed by atoms with E-state index in [9.17, 15) is 23.7 Å². The first kappa shape index (κ1) is 20.1. The van der Waals surface area contributed by atoms with Gasteiger partial charge in [0.15, 0.2) is 11.5 Å². The molecule has 2 aromatic carbocycles. The molecular formula is C17H12ClF2NO6. The van der Waals surface area contributed by atoms with Crippen molar-refractivity contribution in [3.8, 4) is 17.2 Å². The molecule has 2 aromatic rings. The Morgan fingerprint density at radius 3 is 2.48 bits per heavy atom. The summed E-state index contributed by atoms with van der Waals surface area (Å²) >= 11 is 5.84. The molecule has 0 saturated heterocycles. The number of carbonyl (C=O) groups excluding carboxylic acids is 1. The Hall–Kier alpha value is -3.20. The van der Waals surface area contributed by atoms with Crippen LogP contribution in [-0.2, 0) is 4.79 Å². The number of non-ortho nitro benzene ring substituents is 1. The molecule has 0 aliphatic rings. The van der Waals surface area contributed by atoms with Gasteiger partial charge in [0.05, 0.1) is 17.1 Å². The number of esters is 1. The molecule has 0 saturated carbocycles. The van der Waals surface area contributed by atoms with E-state index in [1.54, 1.807) is 0 Å². The van der Waals surface area contributed by atoms with Gasteiger partial charge >= 0.3 is 12.6 Å². The standard InChI is InChI=1S/C17H12ClF2NO6/c1-25-15-8-10(2-5-14(15)27-17(19)20)3-7-16(22)26-13-6-4-11(21(23)24)9-12(13)18/h2-9,17H,1H3/b7-3+. The number of hydrogen-bond donors (Lipinski definition) is 0. The number of hydrogen-bond acceptors (Lipinski definition) is 6. The first-order chi connectivity index (χ1) is 12.8. The van der Waals surface area contributed by atoms with Gasteiger partial charge in [-0.05, 0) is 29.8 Å². The van der Waals surface area contributed by atoms with Crippen LogP contribution >= 0.6 is 11.6 Å². The van der Waals surface area contributed by atoms with Crippen LogP contribution in [0, 0.1) is 10.1 Å². The number of halogens is 3. The number of nitro benzene ring substituents is 1. The minimum atomic E-state index is -3.00. The molecule has 0 N–H and O–H groups in total. The Labute approximate surface area is 156 Å². The molecule has 10 heteroatoms. The normalized spacial score (nSPS) is 10.9. The lowest BCUT2D eigenvalue weighted by atomic mass is 10.2. The van der Waals surface area contributed by atoms with E-state index >= 15 is 0 Å². The van der Waals surface area contributed by atoms with Gasteiger partial charge in [-0.25, -0.2) is 4.79 Å². The number of methoxy groups -OCH3 is 1. The van der Waals surface area contributed by atoms with E-state index in [1.165, 1.54) is 37.5 Å². The SMILES string of the molecule is COc1cc(/C=C/C(=O)Oc2ccc([N+](=O)[O-])cc2Cl)ccc1OC(F)F. The maximum Gasteiger partial charge on any atom is 0.387 e. The quantitative estimate of drug-likeness (QED) is 0.224. The molecule has 142 valence electrons. The third-order valence-corrected chi connectivity index (χ3v) is 3.45. The molecule has 0 spiro atoms. The summed E-state index contributed by atoms with van der Waals surface area (Å²) in [5.74, 6) is -0.929. The van der Waals surface area contributed by atoms with Crippen LogP contribution in [0.25, 0.3) is 6.08 Å². The predicted octanol–water partition coefficient (Wildman–Crippen LogP) is 4.48. The Morgan fingerprint density at radius 2 is 1.89 bits per heavy atom. The average molecular weight is 400 g/mol. The molecule has 0 bridgehead atoms. The van der Waals surface area contributed by atoms with Gasteiger partial charge in [0.25, 0.3) is 5.69 Å². The van der Waals surface area contributed by atoms with Crippen LogP contribution in [0.5, 0.6) is 17.2 Å². The second kappa shape index (κ2) is 8.95. The van der Waals surface area contributed by atoms with Gasteiger partial charge < -0.3 is 14.2 Å². The topological polar surface area (TPSA) is 87.9 Å². The highest BCUT2D eigenvalue weighted by Crippen LogP contribution is 2.30. The summed E-state index contributed by atoms with van der Waals surface area (Å²) in [6, 6.07) is 7.49. The summed E-state index contributed by atoms with van der Waals surface area (Å²) in [7, 11) is 1.28. The van der Waals surface area contributed by atoms with E-state index in [2.05, 4.69) is 4.74 Å². The zero-order valence-electron chi connectivity index (χ0n) is 13.7. The second-order valence-electron chi connectivity index (χ2n) is 4.92. The first-order valence-electron chi connectivity index (χ1n) is 7.27. The largest absolute Gasteiger partial charge is 0.493 e. The maximum absolute atomic E-state index is 12.3. The minimum Gasteiger partial charge on any atom is -0.493 e. The Morgan fingerprint density at radius 1 is 1.19 bits per heavy atom. The van der Waals surface area contributed by atoms with E-state index < -0.39 is 17.5 Å². The molecule has 0 amide bonds. The van der Waals surface area contributed by atoms with Crippen molar-refractivity contribution in [2.45, 2.75) is 6.61 Å². The molecule has 0 radical (unpaired) electrons. The highest BCUT2D eigenvalue weighted by atomic mass is 35.5. The molecule has 0 atom stereocenters. The lowest BCUT2D eigenvalue weighted by Crippen LogP contribution is -2.04. The average Bonchev–Trinajstić information content (AvgIpc) is 2.61. The molecule has 0 fully saturated rings. The van der Waals surface area contributed by atoms with Crippen molar-refractivity contribution in [2.24, 2.45) is 0 Å². The summed E-state index contributed by atoms with van der Waals surface area (Å²) in [6.07, 6.45) is 2.43. The lowest BCUT2D eigenvalue weighted by molar-refractivity contribution is -0.384. The van der Waals surface area contributed by atoms with Gasteiger partial charge in [-0.3, -0.25) is 10.1 Å². The summed E-state index contributed by atoms with van der Waals surface area (Å²) in [5, 5.41) is 10.6. The molecule has 2 rings (SSSR count). The van der Waals surface area contributed by atoms with Crippen molar-refractivity contribution in [1.82, 2.24) is 0 Å². The van der Waals surface area contributed by atoms with Crippen molar-refractivity contribution in [3.63, 3.8) is 0 Å². The van der Waals surface area contributed by atoms with Gasteiger partial charge in [0.1, 0.15) is 5.75 Å². The molecule has 27 heavy (non-hydrogen) atoms. The summed E-state index contributed by atoms with van der Waals surface area (Å²) in [4.78, 5) is 21.9. The molecule has 7 nitrogen and oxygen atoms in total. The Bertz CT molecular complexity index is 888. The van der Waals surface area contributed by atoms with Gasteiger partial charge in [-0.1, -0.05) is 17.7 Å². The van der Waals surface area contributed by atoms with E-state index in [0.717, 1.165) is 18.2 Å². The van der Waals surface area contributed by atoms with Crippen LogP contribution < -0.4 is 14.2 Å². The number of alkyl halides is 2. The predicted molar refractivity (Wildman–Crippen MR) is 92.4 cm³/mol. The van der Waals surface area contributed by atoms with Gasteiger partial charge in [-0.2, -0.15) is 8.78 Å². The fraction of sp³-hybridized carbons (Fsp3) is 0.118. The molecular weight excluding hydrogens is 388 g/mol. The summed E-state index contributed by atoms with van der Waals surface area (Å²) in [6.45, 7) is -3.00. The van der Waals surface area contributed by atoms with Gasteiger partial charge in [0, 0.05) is 18.2 Å². The smallest absolute Gasteiger partial charge is 0.387 e. The number of nitro groups is 1. The van der Waals surface area contributed by atoms with Crippen LogP contribution in [0.15, 0.2) is 42.5 Å². The zero-order chi connectivity index (χ0) is 20.0. The maximum atomic E-state index is 12.3. The van der Waals surface area contributed by atoms with Crippen molar-refractivity contribution in [3.05, 3.63) is 63.2 Å². The first-order valence-corrected chi connectivity index (χ1v) is 7.64. The van der Waals surface area contributed by atoms with Crippen molar-refractivity contribution < 1.29 is 32.7 Å². The van der Waals surface area contributed by atoms with Crippen LogP contribution in [-0.4, -0.2) is 24.6 Å². The number of benzene rings is 2. The van der Waals surface area contributed by atoms with Crippen molar-refractivity contribution in [2.75, 3.05) is 7.11 Å². The fourth-order valence-corrected chi connectivity index (χ4v) is 2.19. The van der Waals surface area contributed by atoms with Crippen molar-refractivity contribution >= 4 is 29.3 Å². The van der Waals surface area contributed by atoms with Crippen molar-refractivity contribution in [1.29, 1.82) is 0 Å². The van der Waals surface area contributed by atoms with E-state index in [0.29, 0.717) is 5.56 Å². The molecule has 0 aromatic heterocycles. The third-order valence-electron chi connectivity index (χ3n) is 3.15. The van der Waals surface area contributed by atoms with Crippen LogP contribution in [0.2, 0.25) is 5.02 Å². The number of rotatable bonds is 7. The second-order valence-corrected chi connectivity index (χ2v) is 5.32. The Balaban J connectivity index is 2.09. The van der Waals surface area contributed by atoms with Crippen LogP contribution in [0.3, 0.4) is 0 Å². The highest BCUT2D eigenvalue weighted by Gasteiger charge is 2.13. The monoisotopic (exact) mass is 399 g/mol. The van der Waals surface area contributed by atoms with Crippen LogP contribution in [0.1, 0.15) is 5.56 Å². The number of carbonyl (C=O) groups is 1. The molecule has 0 aliphatic heterocycles. The van der Waals surface area contributed by atoms with Gasteiger partial charge in [-0.15, -0.1) is 0 Å². The number of nitrogens with zero attached hydrogens (tertiary/aromatic N) is 1. The summed E-state index contributed by atoms with van der Waals surface area (Å²) < 4.78 is 38.9. The van der Waals surface area contributed by atoms with E-state index in [1.807, 2.05) is 0 Å². The molecule has 0 heterocycles. The minimum absolute atomic E-state index is 0.0461. The molecule has 0 aliphatic carbocycles. The summed E-state index contributed by atoms with van der Waals surface area (Å²) in [5.41, 5.74) is 0.216. The molecule has 0 unspecified atom stereocenters. The lowest BCUT2D eigenvalue weighted by Gasteiger charge is -2.10. The Kier molecular flexibility index (Phi) is 6.67. The van der Waals surface area contributed by atoms with E-state index in [4.69, 9.17) is 21.1 Å². The van der Waals surface area contributed by atoms with Gasteiger partial charge in [0.2, 0.25) is 0 Å². The third kappa shape index (κ3) is 5.65. The zero-order valence-corrected chi connectivity index (χ0v) is 14.5. The van der Waals surface area contributed by atoms with E-state index in [-0.39, 0.29) is 28.0 Å².